The predicted octanol–water partition coefficient (Wildman–Crippen LogP) is 0.236. The number of carboxylic acid groups (broad SMARTS) is 1. The summed E-state index contributed by atoms with van der Waals surface area (Å²) in [6, 6.07) is 0.836. The molecule has 0 spiro atoms. The van der Waals surface area contributed by atoms with Crippen molar-refractivity contribution in [3.63, 3.8) is 0 Å². The zero-order chi connectivity index (χ0) is 14.4. The lowest BCUT2D eigenvalue weighted by Gasteiger charge is -2.07. The van der Waals surface area contributed by atoms with Gasteiger partial charge in [-0.25, -0.2) is 4.79 Å². The van der Waals surface area contributed by atoms with E-state index in [4.69, 9.17) is 5.11 Å². The van der Waals surface area contributed by atoms with E-state index in [1.165, 1.54) is 0 Å². The van der Waals surface area contributed by atoms with E-state index < -0.39 is 16.7 Å². The number of nitro groups is 1. The largest absolute Gasteiger partial charge is 0.478 e. The van der Waals surface area contributed by atoms with Crippen molar-refractivity contribution in [1.82, 2.24) is 10.3 Å². The van der Waals surface area contributed by atoms with Crippen molar-refractivity contribution in [2.75, 3.05) is 18.4 Å². The molecule has 0 aliphatic rings. The molecule has 1 aromatic heterocycles. The number of amides is 1. The third kappa shape index (κ3) is 3.91. The molecule has 1 heterocycles. The van der Waals surface area contributed by atoms with E-state index >= 15 is 0 Å². The van der Waals surface area contributed by atoms with Gasteiger partial charge in [-0.3, -0.25) is 4.79 Å². The van der Waals surface area contributed by atoms with E-state index in [9.17, 15) is 19.7 Å². The molecule has 0 atom stereocenters. The number of hydrogen-bond donors (Lipinski definition) is 3. The Morgan fingerprint density at radius 3 is 2.74 bits per heavy atom. The standard InChI is InChI=1S/C10H12N4O5/c1-2-11-9(15)5-12-7-4-13-8(14(18)19)3-6(7)10(16)17/h3-4,12H,2,5H2,1H3,(H,11,15)(H,16,17). The highest BCUT2D eigenvalue weighted by molar-refractivity contribution is 5.95. The fourth-order valence-electron chi connectivity index (χ4n) is 1.30. The Morgan fingerprint density at radius 2 is 2.21 bits per heavy atom. The maximum Gasteiger partial charge on any atom is 0.364 e. The van der Waals surface area contributed by atoms with Crippen molar-refractivity contribution in [2.45, 2.75) is 6.92 Å². The molecule has 9 heteroatoms. The molecule has 19 heavy (non-hydrogen) atoms. The van der Waals surface area contributed by atoms with Crippen LogP contribution < -0.4 is 10.6 Å². The molecule has 1 amide bonds. The molecular weight excluding hydrogens is 256 g/mol. The molecule has 0 saturated carbocycles. The molecule has 1 rings (SSSR count). The number of carboxylic acids is 1. The van der Waals surface area contributed by atoms with E-state index in [0.717, 1.165) is 12.3 Å². The highest BCUT2D eigenvalue weighted by Gasteiger charge is 2.18. The van der Waals surface area contributed by atoms with Crippen LogP contribution in [0.3, 0.4) is 0 Å². The molecule has 0 radical (unpaired) electrons. The lowest BCUT2D eigenvalue weighted by molar-refractivity contribution is -0.389. The van der Waals surface area contributed by atoms with Crippen molar-refractivity contribution in [1.29, 1.82) is 0 Å². The molecule has 0 aromatic carbocycles. The highest BCUT2D eigenvalue weighted by atomic mass is 16.6. The molecule has 0 saturated heterocycles. The summed E-state index contributed by atoms with van der Waals surface area (Å²) >= 11 is 0. The second-order valence-electron chi connectivity index (χ2n) is 3.46. The van der Waals surface area contributed by atoms with Crippen LogP contribution in [-0.2, 0) is 4.79 Å². The van der Waals surface area contributed by atoms with Crippen LogP contribution in [0.4, 0.5) is 11.5 Å². The molecular formula is C10H12N4O5. The average molecular weight is 268 g/mol. The third-order valence-corrected chi connectivity index (χ3v) is 2.12. The lowest BCUT2D eigenvalue weighted by atomic mass is 10.2. The fraction of sp³-hybridized carbons (Fsp3) is 0.300. The fourth-order valence-corrected chi connectivity index (χ4v) is 1.30. The Balaban J connectivity index is 2.91. The molecule has 0 bridgehead atoms. The van der Waals surface area contributed by atoms with E-state index in [1.54, 1.807) is 6.92 Å². The van der Waals surface area contributed by atoms with E-state index in [2.05, 4.69) is 15.6 Å². The summed E-state index contributed by atoms with van der Waals surface area (Å²) in [4.78, 5) is 35.4. The molecule has 3 N–H and O–H groups in total. The van der Waals surface area contributed by atoms with Gasteiger partial charge in [-0.05, 0) is 16.8 Å². The van der Waals surface area contributed by atoms with E-state index in [-0.39, 0.29) is 23.7 Å². The first-order valence-corrected chi connectivity index (χ1v) is 5.34. The summed E-state index contributed by atoms with van der Waals surface area (Å²) in [6.45, 7) is 2.05. The lowest BCUT2D eigenvalue weighted by Crippen LogP contribution is -2.29. The second kappa shape index (κ2) is 6.28. The zero-order valence-electron chi connectivity index (χ0n) is 10.0. The van der Waals surface area contributed by atoms with Crippen LogP contribution in [0, 0.1) is 10.1 Å². The number of nitrogens with one attached hydrogen (secondary N) is 2. The van der Waals surface area contributed by atoms with Gasteiger partial charge in [0.25, 0.3) is 0 Å². The smallest absolute Gasteiger partial charge is 0.364 e. The van der Waals surface area contributed by atoms with E-state index in [1.807, 2.05) is 0 Å². The predicted molar refractivity (Wildman–Crippen MR) is 65.0 cm³/mol. The number of anilines is 1. The molecule has 9 nitrogen and oxygen atoms in total. The second-order valence-corrected chi connectivity index (χ2v) is 3.46. The van der Waals surface area contributed by atoms with Crippen molar-refractivity contribution in [3.8, 4) is 0 Å². The number of rotatable bonds is 6. The van der Waals surface area contributed by atoms with Gasteiger partial charge in [-0.1, -0.05) is 0 Å². The first-order valence-electron chi connectivity index (χ1n) is 5.34. The Morgan fingerprint density at radius 1 is 1.53 bits per heavy atom. The summed E-state index contributed by atoms with van der Waals surface area (Å²) in [5.74, 6) is -2.23. The number of carbonyl (C=O) groups is 2. The SMILES string of the molecule is CCNC(=O)CNc1cnc([N+](=O)[O-])cc1C(=O)O. The topological polar surface area (TPSA) is 134 Å². The first kappa shape index (κ1) is 14.4. The minimum absolute atomic E-state index is 0.0457. The normalized spacial score (nSPS) is 9.74. The number of aromatic nitrogens is 1. The van der Waals surface area contributed by atoms with Crippen LogP contribution >= 0.6 is 0 Å². The molecule has 0 fully saturated rings. The van der Waals surface area contributed by atoms with Crippen molar-refractivity contribution in [3.05, 3.63) is 27.9 Å². The number of aromatic carboxylic acids is 1. The van der Waals surface area contributed by atoms with Gasteiger partial charge in [-0.15, -0.1) is 0 Å². The Bertz CT molecular complexity index is 517. The molecule has 0 aliphatic carbocycles. The van der Waals surface area contributed by atoms with Gasteiger partial charge in [0.15, 0.2) is 6.20 Å². The van der Waals surface area contributed by atoms with Gasteiger partial charge in [0.05, 0.1) is 23.9 Å². The van der Waals surface area contributed by atoms with Gasteiger partial charge in [0.1, 0.15) is 0 Å². The van der Waals surface area contributed by atoms with Crippen LogP contribution in [0.2, 0.25) is 0 Å². The number of hydrogen-bond acceptors (Lipinski definition) is 6. The van der Waals surface area contributed by atoms with Crippen molar-refractivity contribution < 1.29 is 19.6 Å². The number of pyridine rings is 1. The number of likely N-dealkylation sites (N-methyl/N-ethyl adjacent to an activating group) is 1. The summed E-state index contributed by atoms with van der Waals surface area (Å²) < 4.78 is 0. The number of carbonyl (C=O) groups excluding carboxylic acids is 1. The number of nitrogens with zero attached hydrogens (tertiary/aromatic N) is 2. The average Bonchev–Trinajstić information content (AvgIpc) is 2.36. The van der Waals surface area contributed by atoms with Crippen molar-refractivity contribution in [2.24, 2.45) is 0 Å². The summed E-state index contributed by atoms with van der Waals surface area (Å²) in [5.41, 5.74) is -0.268. The molecule has 1 aromatic rings. The van der Waals surface area contributed by atoms with Crippen LogP contribution in [0.1, 0.15) is 17.3 Å². The summed E-state index contributed by atoms with van der Waals surface area (Å²) in [5, 5.41) is 24.5. The summed E-state index contributed by atoms with van der Waals surface area (Å²) in [7, 11) is 0. The van der Waals surface area contributed by atoms with Crippen LogP contribution in [0.25, 0.3) is 0 Å². The van der Waals surface area contributed by atoms with Gasteiger partial charge in [0, 0.05) is 6.54 Å². The van der Waals surface area contributed by atoms with Crippen LogP contribution in [0.15, 0.2) is 12.3 Å². The zero-order valence-corrected chi connectivity index (χ0v) is 10.0. The van der Waals surface area contributed by atoms with Gasteiger partial charge >= 0.3 is 11.8 Å². The Hall–Kier alpha value is -2.71. The van der Waals surface area contributed by atoms with Gasteiger partial charge < -0.3 is 25.9 Å². The first-order chi connectivity index (χ1) is 8.95. The maximum atomic E-state index is 11.2. The molecule has 0 unspecified atom stereocenters. The van der Waals surface area contributed by atoms with E-state index in [0.29, 0.717) is 6.54 Å². The van der Waals surface area contributed by atoms with Crippen LogP contribution in [-0.4, -0.2) is 40.0 Å². The minimum Gasteiger partial charge on any atom is -0.478 e. The summed E-state index contributed by atoms with van der Waals surface area (Å²) in [6.07, 6.45) is 1.01. The quantitative estimate of drug-likeness (QED) is 0.496. The van der Waals surface area contributed by atoms with Crippen LogP contribution in [0.5, 0.6) is 0 Å². The third-order valence-electron chi connectivity index (χ3n) is 2.12. The maximum absolute atomic E-state index is 11.2. The Kier molecular flexibility index (Phi) is 4.75. The van der Waals surface area contributed by atoms with Gasteiger partial charge in [0.2, 0.25) is 5.91 Å². The monoisotopic (exact) mass is 268 g/mol. The van der Waals surface area contributed by atoms with Crippen molar-refractivity contribution >= 4 is 23.4 Å². The molecule has 102 valence electrons. The molecule has 0 aliphatic heterocycles. The van der Waals surface area contributed by atoms with Gasteiger partial charge in [-0.2, -0.15) is 0 Å². The Labute approximate surface area is 107 Å². The minimum atomic E-state index is -1.34. The highest BCUT2D eigenvalue weighted by Crippen LogP contribution is 2.19.